The minimum Gasteiger partial charge on any atom is -0.398 e. The monoisotopic (exact) mass is 263 g/mol. The van der Waals surface area contributed by atoms with E-state index in [2.05, 4.69) is 10.0 Å². The highest BCUT2D eigenvalue weighted by atomic mass is 32.2. The van der Waals surface area contributed by atoms with E-state index < -0.39 is 22.0 Å². The van der Waals surface area contributed by atoms with Gasteiger partial charge in [-0.25, -0.2) is 8.42 Å². The van der Waals surface area contributed by atoms with Crippen LogP contribution in [0.5, 0.6) is 0 Å². The van der Waals surface area contributed by atoms with Crippen molar-refractivity contribution in [3.05, 3.63) is 11.4 Å². The normalized spacial score (nSPS) is 13.4. The predicted octanol–water partition coefficient (Wildman–Crippen LogP) is -0.257. The van der Waals surface area contributed by atoms with E-state index in [0.29, 0.717) is 5.69 Å². The Balaban J connectivity index is 2.84. The molecule has 0 bridgehead atoms. The first-order valence-corrected chi connectivity index (χ1v) is 6.81. The SMILES string of the molecule is CNC(=O)C(C)NS(=O)(=O)c1cc(N)cs1. The highest BCUT2D eigenvalue weighted by molar-refractivity contribution is 7.91. The molecule has 0 aliphatic heterocycles. The molecule has 1 heterocycles. The number of nitrogens with two attached hydrogens (primary N) is 1. The van der Waals surface area contributed by atoms with Crippen LogP contribution in [0.1, 0.15) is 6.92 Å². The third-order valence-corrected chi connectivity index (χ3v) is 4.83. The molecule has 1 unspecified atom stereocenters. The third kappa shape index (κ3) is 2.94. The molecule has 6 nitrogen and oxygen atoms in total. The first-order valence-electron chi connectivity index (χ1n) is 4.44. The van der Waals surface area contributed by atoms with Crippen molar-refractivity contribution in [3.63, 3.8) is 0 Å². The van der Waals surface area contributed by atoms with Crippen molar-refractivity contribution in [2.45, 2.75) is 17.2 Å². The zero-order chi connectivity index (χ0) is 12.3. The lowest BCUT2D eigenvalue weighted by atomic mass is 10.3. The lowest BCUT2D eigenvalue weighted by Gasteiger charge is -2.11. The third-order valence-electron chi connectivity index (χ3n) is 1.83. The highest BCUT2D eigenvalue weighted by Crippen LogP contribution is 2.21. The topological polar surface area (TPSA) is 101 Å². The second kappa shape index (κ2) is 4.81. The highest BCUT2D eigenvalue weighted by Gasteiger charge is 2.22. The number of sulfonamides is 1. The van der Waals surface area contributed by atoms with E-state index >= 15 is 0 Å². The summed E-state index contributed by atoms with van der Waals surface area (Å²) in [6, 6.07) is 0.530. The van der Waals surface area contributed by atoms with E-state index in [0.717, 1.165) is 11.3 Å². The summed E-state index contributed by atoms with van der Waals surface area (Å²) in [5, 5.41) is 3.88. The summed E-state index contributed by atoms with van der Waals surface area (Å²) in [5.74, 6) is -0.395. The molecule has 0 aliphatic rings. The number of hydrogen-bond acceptors (Lipinski definition) is 5. The molecule has 1 aromatic rings. The summed E-state index contributed by atoms with van der Waals surface area (Å²) in [5.41, 5.74) is 5.82. The second-order valence-corrected chi connectivity index (χ2v) is 6.01. The first-order chi connectivity index (χ1) is 7.36. The van der Waals surface area contributed by atoms with Gasteiger partial charge in [-0.2, -0.15) is 4.72 Å². The Hall–Kier alpha value is -1.12. The summed E-state index contributed by atoms with van der Waals surface area (Å²) in [7, 11) is -2.23. The van der Waals surface area contributed by atoms with Gasteiger partial charge in [0.2, 0.25) is 5.91 Å². The molecule has 0 spiro atoms. The largest absolute Gasteiger partial charge is 0.398 e. The van der Waals surface area contributed by atoms with Crippen molar-refractivity contribution >= 4 is 33.0 Å². The van der Waals surface area contributed by atoms with E-state index in [-0.39, 0.29) is 4.21 Å². The number of nitrogens with one attached hydrogen (secondary N) is 2. The van der Waals surface area contributed by atoms with Crippen LogP contribution < -0.4 is 15.8 Å². The van der Waals surface area contributed by atoms with Gasteiger partial charge in [-0.05, 0) is 13.0 Å². The lowest BCUT2D eigenvalue weighted by Crippen LogP contribution is -2.43. The molecule has 0 aliphatic carbocycles. The summed E-state index contributed by atoms with van der Waals surface area (Å²) in [6.45, 7) is 1.47. The van der Waals surface area contributed by atoms with Crippen LogP contribution in [0, 0.1) is 0 Å². The molecule has 16 heavy (non-hydrogen) atoms. The van der Waals surface area contributed by atoms with E-state index in [4.69, 9.17) is 5.73 Å². The Labute approximate surface area is 97.9 Å². The van der Waals surface area contributed by atoms with Gasteiger partial charge in [0.15, 0.2) is 0 Å². The quantitative estimate of drug-likeness (QED) is 0.696. The molecule has 0 radical (unpaired) electrons. The number of likely N-dealkylation sites (N-methyl/N-ethyl adjacent to an activating group) is 1. The van der Waals surface area contributed by atoms with Gasteiger partial charge < -0.3 is 11.1 Å². The van der Waals surface area contributed by atoms with Crippen molar-refractivity contribution in [3.8, 4) is 0 Å². The smallest absolute Gasteiger partial charge is 0.250 e. The summed E-state index contributed by atoms with van der Waals surface area (Å²) < 4.78 is 25.8. The molecule has 8 heteroatoms. The van der Waals surface area contributed by atoms with Crippen LogP contribution in [0.4, 0.5) is 5.69 Å². The zero-order valence-corrected chi connectivity index (χ0v) is 10.5. The molecule has 1 aromatic heterocycles. The lowest BCUT2D eigenvalue weighted by molar-refractivity contribution is -0.121. The Morgan fingerprint density at radius 2 is 2.19 bits per heavy atom. The van der Waals surface area contributed by atoms with Crippen molar-refractivity contribution < 1.29 is 13.2 Å². The number of nitrogen functional groups attached to an aromatic ring is 1. The van der Waals surface area contributed by atoms with Gasteiger partial charge in [-0.1, -0.05) is 0 Å². The molecule has 0 fully saturated rings. The van der Waals surface area contributed by atoms with Crippen LogP contribution in [0.15, 0.2) is 15.7 Å². The molecular formula is C8H13N3O3S2. The fourth-order valence-corrected chi connectivity index (χ4v) is 3.33. The predicted molar refractivity (Wildman–Crippen MR) is 62.6 cm³/mol. The number of rotatable bonds is 4. The number of thiophene rings is 1. The van der Waals surface area contributed by atoms with Gasteiger partial charge in [-0.15, -0.1) is 11.3 Å². The van der Waals surface area contributed by atoms with E-state index in [9.17, 15) is 13.2 Å². The first kappa shape index (κ1) is 12.9. The van der Waals surface area contributed by atoms with Crippen LogP contribution in [0.3, 0.4) is 0 Å². The fourth-order valence-electron chi connectivity index (χ4n) is 1.03. The standard InChI is InChI=1S/C8H13N3O3S2/c1-5(8(12)10-2)11-16(13,14)7-3-6(9)4-15-7/h3-5,11H,9H2,1-2H3,(H,10,12). The van der Waals surface area contributed by atoms with Gasteiger partial charge in [0, 0.05) is 18.1 Å². The van der Waals surface area contributed by atoms with Gasteiger partial charge in [0.05, 0.1) is 6.04 Å². The number of hydrogen-bond donors (Lipinski definition) is 3. The van der Waals surface area contributed by atoms with Crippen LogP contribution >= 0.6 is 11.3 Å². The molecule has 0 aromatic carbocycles. The summed E-state index contributed by atoms with van der Waals surface area (Å²) in [6.07, 6.45) is 0. The summed E-state index contributed by atoms with van der Waals surface area (Å²) >= 11 is 1.01. The van der Waals surface area contributed by atoms with Gasteiger partial charge >= 0.3 is 0 Å². The number of amides is 1. The van der Waals surface area contributed by atoms with Crippen molar-refractivity contribution in [1.29, 1.82) is 0 Å². The maximum atomic E-state index is 11.7. The Morgan fingerprint density at radius 3 is 2.62 bits per heavy atom. The van der Waals surface area contributed by atoms with Gasteiger partial charge in [-0.3, -0.25) is 4.79 Å². The van der Waals surface area contributed by atoms with Gasteiger partial charge in [0.25, 0.3) is 10.0 Å². The van der Waals surface area contributed by atoms with E-state index in [1.807, 2.05) is 0 Å². The molecule has 1 amide bonds. The minimum absolute atomic E-state index is 0.0979. The number of carbonyl (C=O) groups is 1. The van der Waals surface area contributed by atoms with Crippen LogP contribution in [-0.4, -0.2) is 27.4 Å². The Kier molecular flexibility index (Phi) is 3.89. The molecule has 90 valence electrons. The van der Waals surface area contributed by atoms with Crippen LogP contribution in [-0.2, 0) is 14.8 Å². The molecule has 4 N–H and O–H groups in total. The zero-order valence-electron chi connectivity index (χ0n) is 8.85. The average Bonchev–Trinajstić information content (AvgIpc) is 2.63. The Bertz CT molecular complexity index is 480. The molecular weight excluding hydrogens is 250 g/mol. The Morgan fingerprint density at radius 1 is 1.56 bits per heavy atom. The van der Waals surface area contributed by atoms with Crippen molar-refractivity contribution in [1.82, 2.24) is 10.0 Å². The van der Waals surface area contributed by atoms with Gasteiger partial charge in [0.1, 0.15) is 4.21 Å². The van der Waals surface area contributed by atoms with Crippen LogP contribution in [0.2, 0.25) is 0 Å². The molecule has 1 atom stereocenters. The molecule has 0 saturated carbocycles. The number of anilines is 1. The molecule has 0 saturated heterocycles. The minimum atomic E-state index is -3.67. The van der Waals surface area contributed by atoms with E-state index in [1.165, 1.54) is 25.4 Å². The van der Waals surface area contributed by atoms with Crippen molar-refractivity contribution in [2.75, 3.05) is 12.8 Å². The maximum absolute atomic E-state index is 11.7. The van der Waals surface area contributed by atoms with Crippen molar-refractivity contribution in [2.24, 2.45) is 0 Å². The average molecular weight is 263 g/mol. The fraction of sp³-hybridized carbons (Fsp3) is 0.375. The molecule has 1 rings (SSSR count). The number of carbonyl (C=O) groups excluding carboxylic acids is 1. The second-order valence-electron chi connectivity index (χ2n) is 3.16. The van der Waals surface area contributed by atoms with E-state index in [1.54, 1.807) is 0 Å². The summed E-state index contributed by atoms with van der Waals surface area (Å²) in [4.78, 5) is 11.2. The van der Waals surface area contributed by atoms with Crippen LogP contribution in [0.25, 0.3) is 0 Å². The maximum Gasteiger partial charge on any atom is 0.250 e.